The van der Waals surface area contributed by atoms with Crippen LogP contribution in [0.2, 0.25) is 0 Å². The Morgan fingerprint density at radius 2 is 2.07 bits per heavy atom. The molecule has 0 spiro atoms. The van der Waals surface area contributed by atoms with Crippen molar-refractivity contribution < 1.29 is 18.7 Å². The van der Waals surface area contributed by atoms with Gasteiger partial charge < -0.3 is 14.8 Å². The van der Waals surface area contributed by atoms with Crippen molar-refractivity contribution in [1.29, 1.82) is 0 Å². The minimum absolute atomic E-state index is 0.229. The molecule has 0 aliphatic carbocycles. The summed E-state index contributed by atoms with van der Waals surface area (Å²) in [6.07, 6.45) is 0. The van der Waals surface area contributed by atoms with Crippen LogP contribution in [0.25, 0.3) is 10.6 Å². The standard InChI is InChI=1S/C20H19FN2O3S/c1-25-9-8-22-19(24)18-13-27-20(23-18)15-5-3-7-17(11-15)26-12-14-4-2-6-16(21)10-14/h2-7,10-11,13H,8-9,12H2,1H3,(H,22,24). The van der Waals surface area contributed by atoms with Crippen LogP contribution >= 0.6 is 11.3 Å². The lowest BCUT2D eigenvalue weighted by molar-refractivity contribution is 0.0933. The van der Waals surface area contributed by atoms with Crippen molar-refractivity contribution >= 4 is 17.2 Å². The van der Waals surface area contributed by atoms with E-state index in [-0.39, 0.29) is 18.3 Å². The molecule has 2 aromatic carbocycles. The van der Waals surface area contributed by atoms with Gasteiger partial charge in [-0.15, -0.1) is 11.3 Å². The number of benzene rings is 2. The second kappa shape index (κ2) is 9.25. The summed E-state index contributed by atoms with van der Waals surface area (Å²) in [7, 11) is 1.58. The summed E-state index contributed by atoms with van der Waals surface area (Å²) >= 11 is 1.39. The second-order valence-corrected chi connectivity index (χ2v) is 6.59. The van der Waals surface area contributed by atoms with Crippen LogP contribution < -0.4 is 10.1 Å². The molecule has 1 aromatic heterocycles. The number of methoxy groups -OCH3 is 1. The SMILES string of the molecule is COCCNC(=O)c1csc(-c2cccc(OCc3cccc(F)c3)c2)n1. The Morgan fingerprint density at radius 3 is 2.89 bits per heavy atom. The lowest BCUT2D eigenvalue weighted by atomic mass is 10.2. The number of rotatable bonds is 8. The highest BCUT2D eigenvalue weighted by Crippen LogP contribution is 2.27. The van der Waals surface area contributed by atoms with Gasteiger partial charge in [-0.25, -0.2) is 9.37 Å². The predicted octanol–water partition coefficient (Wildman–Crippen LogP) is 3.90. The van der Waals surface area contributed by atoms with Gasteiger partial charge in [0.15, 0.2) is 0 Å². The first-order valence-electron chi connectivity index (χ1n) is 8.36. The van der Waals surface area contributed by atoms with Crippen LogP contribution in [-0.2, 0) is 11.3 Å². The third-order valence-electron chi connectivity index (χ3n) is 3.70. The summed E-state index contributed by atoms with van der Waals surface area (Å²) in [5.41, 5.74) is 1.98. The fourth-order valence-corrected chi connectivity index (χ4v) is 3.18. The molecule has 0 bridgehead atoms. The monoisotopic (exact) mass is 386 g/mol. The maximum absolute atomic E-state index is 13.2. The van der Waals surface area contributed by atoms with Crippen molar-refractivity contribution in [2.24, 2.45) is 0 Å². The molecule has 0 saturated heterocycles. The molecular formula is C20H19FN2O3S. The molecule has 140 valence electrons. The number of hydrogen-bond donors (Lipinski definition) is 1. The lowest BCUT2D eigenvalue weighted by Gasteiger charge is -2.07. The number of carbonyl (C=O) groups excluding carboxylic acids is 1. The molecule has 0 aliphatic heterocycles. The van der Waals surface area contributed by atoms with E-state index in [0.29, 0.717) is 24.6 Å². The van der Waals surface area contributed by atoms with E-state index in [1.54, 1.807) is 18.6 Å². The topological polar surface area (TPSA) is 60.5 Å². The Hall–Kier alpha value is -2.77. The normalized spacial score (nSPS) is 10.6. The largest absolute Gasteiger partial charge is 0.489 e. The molecule has 27 heavy (non-hydrogen) atoms. The van der Waals surface area contributed by atoms with Crippen molar-refractivity contribution in [2.45, 2.75) is 6.61 Å². The van der Waals surface area contributed by atoms with Crippen molar-refractivity contribution in [3.8, 4) is 16.3 Å². The molecule has 0 aliphatic rings. The predicted molar refractivity (Wildman–Crippen MR) is 102 cm³/mol. The molecule has 0 radical (unpaired) electrons. The molecule has 0 unspecified atom stereocenters. The summed E-state index contributed by atoms with van der Waals surface area (Å²) in [5, 5.41) is 5.19. The molecule has 3 aromatic rings. The number of aromatic nitrogens is 1. The molecule has 1 amide bonds. The number of amides is 1. The van der Waals surface area contributed by atoms with Crippen LogP contribution in [0.15, 0.2) is 53.9 Å². The Balaban J connectivity index is 1.66. The fourth-order valence-electron chi connectivity index (χ4n) is 2.38. The average molecular weight is 386 g/mol. The Labute approximate surface area is 160 Å². The maximum atomic E-state index is 13.2. The highest BCUT2D eigenvalue weighted by molar-refractivity contribution is 7.13. The van der Waals surface area contributed by atoms with Gasteiger partial charge in [-0.3, -0.25) is 4.79 Å². The molecule has 7 heteroatoms. The van der Waals surface area contributed by atoms with Crippen LogP contribution in [0.4, 0.5) is 4.39 Å². The van der Waals surface area contributed by atoms with Gasteiger partial charge in [-0.1, -0.05) is 24.3 Å². The van der Waals surface area contributed by atoms with E-state index in [2.05, 4.69) is 10.3 Å². The molecule has 5 nitrogen and oxygen atoms in total. The van der Waals surface area contributed by atoms with Crippen LogP contribution in [0, 0.1) is 5.82 Å². The number of carbonyl (C=O) groups is 1. The molecular weight excluding hydrogens is 367 g/mol. The van der Waals surface area contributed by atoms with Crippen LogP contribution in [0.1, 0.15) is 16.1 Å². The van der Waals surface area contributed by atoms with Gasteiger partial charge in [0.2, 0.25) is 0 Å². The Kier molecular flexibility index (Phi) is 6.51. The Bertz CT molecular complexity index is 914. The molecule has 1 N–H and O–H groups in total. The molecule has 0 fully saturated rings. The van der Waals surface area contributed by atoms with Gasteiger partial charge in [0.05, 0.1) is 6.61 Å². The van der Waals surface area contributed by atoms with Gasteiger partial charge in [0.1, 0.15) is 28.9 Å². The van der Waals surface area contributed by atoms with E-state index in [1.807, 2.05) is 30.3 Å². The lowest BCUT2D eigenvalue weighted by Crippen LogP contribution is -2.27. The summed E-state index contributed by atoms with van der Waals surface area (Å²) in [6, 6.07) is 13.7. The van der Waals surface area contributed by atoms with E-state index in [1.165, 1.54) is 23.5 Å². The molecule has 0 saturated carbocycles. The van der Waals surface area contributed by atoms with E-state index in [4.69, 9.17) is 9.47 Å². The second-order valence-electron chi connectivity index (χ2n) is 5.73. The maximum Gasteiger partial charge on any atom is 0.270 e. The van der Waals surface area contributed by atoms with E-state index in [9.17, 15) is 9.18 Å². The number of nitrogens with one attached hydrogen (secondary N) is 1. The summed E-state index contributed by atoms with van der Waals surface area (Å²) in [6.45, 7) is 1.16. The zero-order valence-electron chi connectivity index (χ0n) is 14.8. The van der Waals surface area contributed by atoms with Crippen LogP contribution in [-0.4, -0.2) is 31.2 Å². The third kappa shape index (κ3) is 5.35. The van der Waals surface area contributed by atoms with Gasteiger partial charge in [-0.05, 0) is 29.8 Å². The average Bonchev–Trinajstić information content (AvgIpc) is 3.17. The molecule has 3 rings (SSSR count). The van der Waals surface area contributed by atoms with Gasteiger partial charge in [0.25, 0.3) is 5.91 Å². The minimum atomic E-state index is -0.288. The van der Waals surface area contributed by atoms with E-state index < -0.39 is 0 Å². The summed E-state index contributed by atoms with van der Waals surface area (Å²) in [4.78, 5) is 16.4. The van der Waals surface area contributed by atoms with Crippen molar-refractivity contribution in [3.63, 3.8) is 0 Å². The number of nitrogens with zero attached hydrogens (tertiary/aromatic N) is 1. The van der Waals surface area contributed by atoms with Crippen molar-refractivity contribution in [2.75, 3.05) is 20.3 Å². The summed E-state index contributed by atoms with van der Waals surface area (Å²) in [5.74, 6) is 0.134. The van der Waals surface area contributed by atoms with Crippen molar-refractivity contribution in [3.05, 3.63) is 71.0 Å². The smallest absolute Gasteiger partial charge is 0.270 e. The Morgan fingerprint density at radius 1 is 1.22 bits per heavy atom. The van der Waals surface area contributed by atoms with E-state index >= 15 is 0 Å². The third-order valence-corrected chi connectivity index (χ3v) is 4.60. The van der Waals surface area contributed by atoms with E-state index in [0.717, 1.165) is 16.1 Å². The zero-order chi connectivity index (χ0) is 19.1. The number of ether oxygens (including phenoxy) is 2. The van der Waals surface area contributed by atoms with Crippen LogP contribution in [0.5, 0.6) is 5.75 Å². The van der Waals surface area contributed by atoms with Gasteiger partial charge in [0, 0.05) is 24.6 Å². The first kappa shape index (κ1) is 19.0. The first-order valence-corrected chi connectivity index (χ1v) is 9.24. The van der Waals surface area contributed by atoms with Crippen molar-refractivity contribution in [1.82, 2.24) is 10.3 Å². The minimum Gasteiger partial charge on any atom is -0.489 e. The van der Waals surface area contributed by atoms with Crippen LogP contribution in [0.3, 0.4) is 0 Å². The van der Waals surface area contributed by atoms with Gasteiger partial charge >= 0.3 is 0 Å². The zero-order valence-corrected chi connectivity index (χ0v) is 15.6. The molecule has 1 heterocycles. The first-order chi connectivity index (χ1) is 13.2. The summed E-state index contributed by atoms with van der Waals surface area (Å²) < 4.78 is 23.9. The highest BCUT2D eigenvalue weighted by Gasteiger charge is 2.12. The number of thiazole rings is 1. The highest BCUT2D eigenvalue weighted by atomic mass is 32.1. The molecule has 0 atom stereocenters. The quantitative estimate of drug-likeness (QED) is 0.597. The number of hydrogen-bond acceptors (Lipinski definition) is 5. The fraction of sp³-hybridized carbons (Fsp3) is 0.200. The number of halogens is 1. The van der Waals surface area contributed by atoms with Gasteiger partial charge in [-0.2, -0.15) is 0 Å².